The van der Waals surface area contributed by atoms with Crippen molar-refractivity contribution in [2.45, 2.75) is 13.5 Å². The van der Waals surface area contributed by atoms with Crippen LogP contribution >= 0.6 is 0 Å². The molecule has 2 aromatic rings. The molecule has 0 aliphatic heterocycles. The van der Waals surface area contributed by atoms with Crippen LogP contribution in [-0.2, 0) is 11.3 Å². The second-order valence-electron chi connectivity index (χ2n) is 2.75. The third-order valence-corrected chi connectivity index (χ3v) is 1.75. The number of rotatable bonds is 2. The number of methoxy groups -OCH3 is 1. The summed E-state index contributed by atoms with van der Waals surface area (Å²) >= 11 is 0. The summed E-state index contributed by atoms with van der Waals surface area (Å²) in [6.45, 7) is 2.31. The number of hydrogen-bond acceptors (Lipinski definition) is 4. The van der Waals surface area contributed by atoms with E-state index in [-0.39, 0.29) is 0 Å². The number of imidazole rings is 1. The molecule has 5 nitrogen and oxygen atoms in total. The van der Waals surface area contributed by atoms with Crippen LogP contribution in [0, 0.1) is 6.92 Å². The number of nitrogens with one attached hydrogen (secondary N) is 1. The van der Waals surface area contributed by atoms with Gasteiger partial charge in [0.1, 0.15) is 11.3 Å². The van der Waals surface area contributed by atoms with Crippen molar-refractivity contribution < 1.29 is 4.74 Å². The van der Waals surface area contributed by atoms with Crippen LogP contribution in [0.25, 0.3) is 11.2 Å². The van der Waals surface area contributed by atoms with E-state index in [1.165, 1.54) is 0 Å². The molecular formula is C8H10N4O. The summed E-state index contributed by atoms with van der Waals surface area (Å²) in [5.74, 6) is 0.714. The van der Waals surface area contributed by atoms with E-state index in [4.69, 9.17) is 4.74 Å². The van der Waals surface area contributed by atoms with Crippen molar-refractivity contribution in [3.05, 3.63) is 17.8 Å². The summed E-state index contributed by atoms with van der Waals surface area (Å²) in [6, 6.07) is 0. The van der Waals surface area contributed by atoms with Crippen LogP contribution < -0.4 is 0 Å². The topological polar surface area (TPSA) is 63.7 Å². The molecule has 0 unspecified atom stereocenters. The lowest BCUT2D eigenvalue weighted by Gasteiger charge is -2.00. The Morgan fingerprint density at radius 3 is 3.08 bits per heavy atom. The maximum atomic E-state index is 5.02. The Balaban J connectivity index is 2.63. The van der Waals surface area contributed by atoms with Gasteiger partial charge in [0.2, 0.25) is 0 Å². The Hall–Kier alpha value is -1.49. The molecule has 2 heterocycles. The molecule has 0 aromatic carbocycles. The Morgan fingerprint density at radius 1 is 1.46 bits per heavy atom. The van der Waals surface area contributed by atoms with Crippen LogP contribution in [0.5, 0.6) is 0 Å². The minimum atomic E-state index is 0.474. The third kappa shape index (κ3) is 1.38. The number of aromatic nitrogens is 4. The van der Waals surface area contributed by atoms with Crippen molar-refractivity contribution in [1.82, 2.24) is 19.9 Å². The molecule has 0 amide bonds. The predicted octanol–water partition coefficient (Wildman–Crippen LogP) is 0.808. The van der Waals surface area contributed by atoms with Gasteiger partial charge < -0.3 is 9.72 Å². The van der Waals surface area contributed by atoms with E-state index in [9.17, 15) is 0 Å². The van der Waals surface area contributed by atoms with E-state index < -0.39 is 0 Å². The van der Waals surface area contributed by atoms with E-state index in [2.05, 4.69) is 19.9 Å². The molecule has 0 atom stereocenters. The average Bonchev–Trinajstić information content (AvgIpc) is 2.52. The van der Waals surface area contributed by atoms with Gasteiger partial charge in [0.05, 0.1) is 18.6 Å². The van der Waals surface area contributed by atoms with Crippen molar-refractivity contribution in [3.8, 4) is 0 Å². The molecule has 0 radical (unpaired) electrons. The van der Waals surface area contributed by atoms with Gasteiger partial charge in [-0.3, -0.25) is 0 Å². The lowest BCUT2D eigenvalue weighted by molar-refractivity contribution is 0.182. The second kappa shape index (κ2) is 3.10. The van der Waals surface area contributed by atoms with Gasteiger partial charge in [-0.15, -0.1) is 0 Å². The first-order chi connectivity index (χ1) is 6.31. The van der Waals surface area contributed by atoms with Gasteiger partial charge in [0.15, 0.2) is 5.65 Å². The van der Waals surface area contributed by atoms with Gasteiger partial charge in [-0.1, -0.05) is 0 Å². The fourth-order valence-corrected chi connectivity index (χ4v) is 1.25. The largest absolute Gasteiger partial charge is 0.378 e. The molecule has 1 N–H and O–H groups in total. The molecule has 0 aliphatic carbocycles. The molecule has 0 fully saturated rings. The van der Waals surface area contributed by atoms with Crippen LogP contribution in [0.15, 0.2) is 6.33 Å². The standard InChI is InChI=1S/C8H10N4O/c1-5-11-6(3-13-2)7-8(12-5)10-4-9-7/h4H,3H2,1-2H3,(H,9,10,11,12). The Bertz CT molecular complexity index is 423. The van der Waals surface area contributed by atoms with Gasteiger partial charge >= 0.3 is 0 Å². The molecule has 68 valence electrons. The minimum Gasteiger partial charge on any atom is -0.378 e. The first-order valence-electron chi connectivity index (χ1n) is 3.97. The molecule has 0 aliphatic rings. The van der Waals surface area contributed by atoms with Crippen molar-refractivity contribution in [2.24, 2.45) is 0 Å². The predicted molar refractivity (Wildman–Crippen MR) is 47.1 cm³/mol. The summed E-state index contributed by atoms with van der Waals surface area (Å²) in [5.41, 5.74) is 2.40. The summed E-state index contributed by atoms with van der Waals surface area (Å²) in [6.07, 6.45) is 1.61. The van der Waals surface area contributed by atoms with Gasteiger partial charge in [-0.25, -0.2) is 15.0 Å². The van der Waals surface area contributed by atoms with E-state index >= 15 is 0 Å². The molecule has 0 saturated heterocycles. The molecule has 0 spiro atoms. The van der Waals surface area contributed by atoms with E-state index in [1.54, 1.807) is 13.4 Å². The summed E-state index contributed by atoms with van der Waals surface area (Å²) < 4.78 is 5.02. The molecular weight excluding hydrogens is 168 g/mol. The van der Waals surface area contributed by atoms with Crippen molar-refractivity contribution >= 4 is 11.2 Å². The SMILES string of the molecule is COCc1nc(C)nc2nc[nH]c12. The Morgan fingerprint density at radius 2 is 2.31 bits per heavy atom. The summed E-state index contributed by atoms with van der Waals surface area (Å²) in [7, 11) is 1.64. The number of ether oxygens (including phenoxy) is 1. The molecule has 0 saturated carbocycles. The maximum absolute atomic E-state index is 5.02. The first-order valence-corrected chi connectivity index (χ1v) is 3.97. The van der Waals surface area contributed by atoms with Gasteiger partial charge in [-0.2, -0.15) is 0 Å². The highest BCUT2D eigenvalue weighted by Crippen LogP contribution is 2.11. The number of H-pyrrole nitrogens is 1. The van der Waals surface area contributed by atoms with Crippen LogP contribution in [0.2, 0.25) is 0 Å². The molecule has 13 heavy (non-hydrogen) atoms. The van der Waals surface area contributed by atoms with Crippen LogP contribution in [0.1, 0.15) is 11.5 Å². The normalized spacial score (nSPS) is 10.9. The highest BCUT2D eigenvalue weighted by molar-refractivity contribution is 5.72. The second-order valence-corrected chi connectivity index (χ2v) is 2.75. The lowest BCUT2D eigenvalue weighted by Crippen LogP contribution is -1.98. The highest BCUT2D eigenvalue weighted by atomic mass is 16.5. The van der Waals surface area contributed by atoms with E-state index in [0.29, 0.717) is 18.1 Å². The smallest absolute Gasteiger partial charge is 0.181 e. The number of aryl methyl sites for hydroxylation is 1. The molecule has 2 rings (SSSR count). The Kier molecular flexibility index (Phi) is 1.94. The number of hydrogen-bond donors (Lipinski definition) is 1. The summed E-state index contributed by atoms with van der Waals surface area (Å²) in [4.78, 5) is 15.5. The number of aromatic amines is 1. The van der Waals surface area contributed by atoms with Crippen molar-refractivity contribution in [3.63, 3.8) is 0 Å². The zero-order chi connectivity index (χ0) is 9.26. The van der Waals surface area contributed by atoms with E-state index in [0.717, 1.165) is 11.2 Å². The van der Waals surface area contributed by atoms with Crippen LogP contribution in [0.3, 0.4) is 0 Å². The van der Waals surface area contributed by atoms with Crippen LogP contribution in [-0.4, -0.2) is 27.0 Å². The zero-order valence-corrected chi connectivity index (χ0v) is 7.53. The fraction of sp³-hybridized carbons (Fsp3) is 0.375. The van der Waals surface area contributed by atoms with Gasteiger partial charge in [0, 0.05) is 7.11 Å². The first kappa shape index (κ1) is 8.12. The van der Waals surface area contributed by atoms with Crippen molar-refractivity contribution in [1.29, 1.82) is 0 Å². The monoisotopic (exact) mass is 178 g/mol. The fourth-order valence-electron chi connectivity index (χ4n) is 1.25. The minimum absolute atomic E-state index is 0.474. The van der Waals surface area contributed by atoms with Crippen molar-refractivity contribution in [2.75, 3.05) is 7.11 Å². The quantitative estimate of drug-likeness (QED) is 0.739. The Labute approximate surface area is 75.2 Å². The number of fused-ring (bicyclic) bond motifs is 1. The molecule has 5 heteroatoms. The highest BCUT2D eigenvalue weighted by Gasteiger charge is 2.06. The van der Waals surface area contributed by atoms with E-state index in [1.807, 2.05) is 6.92 Å². The number of nitrogens with zero attached hydrogens (tertiary/aromatic N) is 3. The average molecular weight is 178 g/mol. The maximum Gasteiger partial charge on any atom is 0.181 e. The van der Waals surface area contributed by atoms with Crippen LogP contribution in [0.4, 0.5) is 0 Å². The lowest BCUT2D eigenvalue weighted by atomic mass is 10.3. The third-order valence-electron chi connectivity index (χ3n) is 1.75. The zero-order valence-electron chi connectivity index (χ0n) is 7.53. The van der Waals surface area contributed by atoms with Gasteiger partial charge in [0.25, 0.3) is 0 Å². The molecule has 0 bridgehead atoms. The summed E-state index contributed by atoms with van der Waals surface area (Å²) in [5, 5.41) is 0. The van der Waals surface area contributed by atoms with Gasteiger partial charge in [-0.05, 0) is 6.92 Å². The molecule has 2 aromatic heterocycles.